The number of aryl methyl sites for hydroxylation is 1. The van der Waals surface area contributed by atoms with Gasteiger partial charge in [-0.15, -0.1) is 10.2 Å². The van der Waals surface area contributed by atoms with Gasteiger partial charge in [0.15, 0.2) is 11.0 Å². The van der Waals surface area contributed by atoms with Crippen molar-refractivity contribution >= 4 is 34.3 Å². The highest BCUT2D eigenvalue weighted by Gasteiger charge is 2.30. The van der Waals surface area contributed by atoms with E-state index in [4.69, 9.17) is 20.8 Å². The average Bonchev–Trinajstić information content (AvgIpc) is 3.54. The standard InChI is InChI=1S/C23H20ClN3O4S/c1-13-18(28)9-8-16-14(10-21(29)31-22(13)16)12-32-23-26-25-20(27(23)15-6-7-15)11-30-19-5-3-2-4-17(19)24/h2-5,8-10,15,28H,6-7,11-12H2,1H3. The Balaban J connectivity index is 1.39. The zero-order chi connectivity index (χ0) is 22.2. The van der Waals surface area contributed by atoms with Gasteiger partial charge >= 0.3 is 5.63 Å². The van der Waals surface area contributed by atoms with Crippen LogP contribution >= 0.6 is 23.4 Å². The molecule has 5 rings (SSSR count). The van der Waals surface area contributed by atoms with Crippen molar-refractivity contribution in [2.45, 2.75) is 43.3 Å². The summed E-state index contributed by atoms with van der Waals surface area (Å²) < 4.78 is 13.3. The van der Waals surface area contributed by atoms with E-state index in [9.17, 15) is 9.90 Å². The highest BCUT2D eigenvalue weighted by Crippen LogP contribution is 2.40. The molecule has 7 nitrogen and oxygen atoms in total. The van der Waals surface area contributed by atoms with Gasteiger partial charge in [0.1, 0.15) is 23.7 Å². The SMILES string of the molecule is Cc1c(O)ccc2c(CSc3nnc(COc4ccccc4Cl)n3C3CC3)cc(=O)oc12. The molecule has 0 bridgehead atoms. The molecule has 32 heavy (non-hydrogen) atoms. The second kappa shape index (κ2) is 8.52. The first-order valence-electron chi connectivity index (χ1n) is 10.2. The van der Waals surface area contributed by atoms with Crippen LogP contribution in [0.25, 0.3) is 11.0 Å². The van der Waals surface area contributed by atoms with E-state index in [2.05, 4.69) is 14.8 Å². The predicted octanol–water partition coefficient (Wildman–Crippen LogP) is 5.26. The van der Waals surface area contributed by atoms with E-state index < -0.39 is 5.63 Å². The van der Waals surface area contributed by atoms with Crippen LogP contribution in [0.2, 0.25) is 5.02 Å². The van der Waals surface area contributed by atoms with Crippen molar-refractivity contribution in [3.05, 3.63) is 74.9 Å². The van der Waals surface area contributed by atoms with Crippen molar-refractivity contribution in [3.63, 3.8) is 0 Å². The molecule has 1 saturated carbocycles. The summed E-state index contributed by atoms with van der Waals surface area (Å²) in [6.07, 6.45) is 2.14. The molecule has 0 amide bonds. The number of phenols is 1. The second-order valence-electron chi connectivity index (χ2n) is 7.68. The van der Waals surface area contributed by atoms with Crippen LogP contribution in [0, 0.1) is 6.92 Å². The number of benzene rings is 2. The normalized spacial score (nSPS) is 13.6. The van der Waals surface area contributed by atoms with Crippen LogP contribution in [0.4, 0.5) is 0 Å². The summed E-state index contributed by atoms with van der Waals surface area (Å²) in [5.41, 5.74) is 1.33. The number of hydrogen-bond acceptors (Lipinski definition) is 7. The lowest BCUT2D eigenvalue weighted by Crippen LogP contribution is -2.07. The lowest BCUT2D eigenvalue weighted by atomic mass is 10.1. The molecule has 1 aliphatic rings. The molecule has 1 fully saturated rings. The maximum atomic E-state index is 12.1. The van der Waals surface area contributed by atoms with Crippen LogP contribution < -0.4 is 10.4 Å². The number of rotatable bonds is 7. The number of para-hydroxylation sites is 1. The highest BCUT2D eigenvalue weighted by molar-refractivity contribution is 7.98. The van der Waals surface area contributed by atoms with Crippen molar-refractivity contribution in [1.29, 1.82) is 0 Å². The molecule has 1 N–H and O–H groups in total. The number of phenolic OH excluding ortho intramolecular Hbond substituents is 1. The maximum Gasteiger partial charge on any atom is 0.336 e. The third-order valence-corrected chi connectivity index (χ3v) is 6.72. The summed E-state index contributed by atoms with van der Waals surface area (Å²) in [7, 11) is 0. The molecule has 2 aromatic heterocycles. The Bertz CT molecular complexity index is 1360. The van der Waals surface area contributed by atoms with E-state index in [1.807, 2.05) is 18.2 Å². The van der Waals surface area contributed by atoms with Gasteiger partial charge in [-0.2, -0.15) is 0 Å². The lowest BCUT2D eigenvalue weighted by Gasteiger charge is -2.11. The summed E-state index contributed by atoms with van der Waals surface area (Å²) in [5.74, 6) is 1.97. The van der Waals surface area contributed by atoms with E-state index in [-0.39, 0.29) is 12.4 Å². The van der Waals surface area contributed by atoms with Crippen molar-refractivity contribution < 1.29 is 14.3 Å². The number of hydrogen-bond donors (Lipinski definition) is 1. The van der Waals surface area contributed by atoms with Gasteiger partial charge in [0.25, 0.3) is 0 Å². The largest absolute Gasteiger partial charge is 0.508 e. The average molecular weight is 470 g/mol. The maximum absolute atomic E-state index is 12.1. The Kier molecular flexibility index (Phi) is 5.57. The Labute approximate surface area is 193 Å². The number of aromatic hydroxyl groups is 1. The molecule has 0 atom stereocenters. The molecule has 1 aliphatic carbocycles. The summed E-state index contributed by atoms with van der Waals surface area (Å²) in [6, 6.07) is 12.6. The van der Waals surface area contributed by atoms with E-state index in [1.165, 1.54) is 17.8 Å². The fourth-order valence-electron chi connectivity index (χ4n) is 3.59. The van der Waals surface area contributed by atoms with Gasteiger partial charge in [-0.3, -0.25) is 4.57 Å². The summed E-state index contributed by atoms with van der Waals surface area (Å²) in [6.45, 7) is 2.00. The predicted molar refractivity (Wildman–Crippen MR) is 123 cm³/mol. The zero-order valence-corrected chi connectivity index (χ0v) is 18.8. The minimum absolute atomic E-state index is 0.0992. The Hall–Kier alpha value is -2.97. The smallest absolute Gasteiger partial charge is 0.336 e. The van der Waals surface area contributed by atoms with E-state index in [0.717, 1.165) is 34.8 Å². The first-order valence-corrected chi connectivity index (χ1v) is 11.6. The number of nitrogens with zero attached hydrogens (tertiary/aromatic N) is 3. The fourth-order valence-corrected chi connectivity index (χ4v) is 4.79. The van der Waals surface area contributed by atoms with E-state index >= 15 is 0 Å². The molecule has 9 heteroatoms. The van der Waals surface area contributed by atoms with Gasteiger partial charge in [-0.1, -0.05) is 35.5 Å². The van der Waals surface area contributed by atoms with Crippen molar-refractivity contribution in [2.24, 2.45) is 0 Å². The first-order chi connectivity index (χ1) is 15.5. The molecule has 0 spiro atoms. The van der Waals surface area contributed by atoms with Crippen LogP contribution in [0.15, 0.2) is 56.8 Å². The zero-order valence-electron chi connectivity index (χ0n) is 17.2. The molecule has 2 aromatic carbocycles. The molecule has 4 aromatic rings. The number of fused-ring (bicyclic) bond motifs is 1. The van der Waals surface area contributed by atoms with Crippen LogP contribution in [0.1, 0.15) is 35.8 Å². The Morgan fingerprint density at radius 3 is 2.84 bits per heavy atom. The molecule has 0 saturated heterocycles. The van der Waals surface area contributed by atoms with Crippen LogP contribution in [0.5, 0.6) is 11.5 Å². The van der Waals surface area contributed by atoms with Crippen LogP contribution in [-0.2, 0) is 12.4 Å². The van der Waals surface area contributed by atoms with Crippen molar-refractivity contribution in [3.8, 4) is 11.5 Å². The molecule has 0 radical (unpaired) electrons. The Morgan fingerprint density at radius 2 is 2.06 bits per heavy atom. The van der Waals surface area contributed by atoms with Gasteiger partial charge in [0.2, 0.25) is 0 Å². The third-order valence-electron chi connectivity index (χ3n) is 5.42. The van der Waals surface area contributed by atoms with Gasteiger partial charge in [0.05, 0.1) is 5.02 Å². The number of aromatic nitrogens is 3. The molecular formula is C23H20ClN3O4S. The minimum Gasteiger partial charge on any atom is -0.508 e. The fraction of sp³-hybridized carbons (Fsp3) is 0.261. The first kappa shape index (κ1) is 20.9. The summed E-state index contributed by atoms with van der Waals surface area (Å²) in [4.78, 5) is 12.1. The number of thioether (sulfide) groups is 1. The third kappa shape index (κ3) is 4.08. The minimum atomic E-state index is -0.445. The molecule has 0 aliphatic heterocycles. The van der Waals surface area contributed by atoms with E-state index in [1.54, 1.807) is 25.1 Å². The molecule has 0 unspecified atom stereocenters. The number of ether oxygens (including phenoxy) is 1. The van der Waals surface area contributed by atoms with Crippen LogP contribution in [0.3, 0.4) is 0 Å². The molecule has 2 heterocycles. The monoisotopic (exact) mass is 469 g/mol. The second-order valence-corrected chi connectivity index (χ2v) is 9.03. The van der Waals surface area contributed by atoms with Crippen molar-refractivity contribution in [2.75, 3.05) is 0 Å². The lowest BCUT2D eigenvalue weighted by molar-refractivity contribution is 0.288. The topological polar surface area (TPSA) is 90.4 Å². The molecule has 164 valence electrons. The van der Waals surface area contributed by atoms with Crippen molar-refractivity contribution in [1.82, 2.24) is 14.8 Å². The van der Waals surface area contributed by atoms with Crippen LogP contribution in [-0.4, -0.2) is 19.9 Å². The summed E-state index contributed by atoms with van der Waals surface area (Å²) >= 11 is 7.70. The molecular weight excluding hydrogens is 450 g/mol. The van der Waals surface area contributed by atoms with Gasteiger partial charge < -0.3 is 14.3 Å². The van der Waals surface area contributed by atoms with E-state index in [0.29, 0.717) is 33.7 Å². The van der Waals surface area contributed by atoms with Gasteiger partial charge in [0, 0.05) is 28.8 Å². The Morgan fingerprint density at radius 1 is 1.25 bits per heavy atom. The van der Waals surface area contributed by atoms with Gasteiger partial charge in [-0.05, 0) is 49.6 Å². The summed E-state index contributed by atoms with van der Waals surface area (Å²) in [5, 5.41) is 20.8. The number of halogens is 1. The highest BCUT2D eigenvalue weighted by atomic mass is 35.5. The quantitative estimate of drug-likeness (QED) is 0.291. The van der Waals surface area contributed by atoms with Gasteiger partial charge in [-0.25, -0.2) is 4.79 Å².